The highest BCUT2D eigenvalue weighted by atomic mass is 79.9. The lowest BCUT2D eigenvalue weighted by atomic mass is 9.75. The van der Waals surface area contributed by atoms with Crippen molar-refractivity contribution in [2.75, 3.05) is 13.7 Å². The predicted octanol–water partition coefficient (Wildman–Crippen LogP) is 2.84. The second-order valence-corrected chi connectivity index (χ2v) is 7.17. The Morgan fingerprint density at radius 1 is 1.42 bits per heavy atom. The van der Waals surface area contributed by atoms with E-state index in [0.717, 1.165) is 34.9 Å². The largest absolute Gasteiger partial charge is 0.504 e. The molecule has 1 fully saturated rings. The van der Waals surface area contributed by atoms with E-state index in [2.05, 4.69) is 15.9 Å². The average Bonchev–Trinajstić information content (AvgIpc) is 2.57. The Hall–Kier alpha value is -1.82. The number of amides is 1. The number of aromatic hydroxyl groups is 1. The number of phenolic OH excluding ortho intramolecular Hbond substituents is 1. The maximum Gasteiger partial charge on any atom is 0.209 e. The lowest BCUT2D eigenvalue weighted by Gasteiger charge is -2.42. The first-order chi connectivity index (χ1) is 11.5. The molecule has 6 heteroatoms. The molecule has 24 heavy (non-hydrogen) atoms. The zero-order valence-corrected chi connectivity index (χ0v) is 15.1. The number of likely N-dealkylation sites (tertiary alicyclic amines) is 1. The highest BCUT2D eigenvalue weighted by molar-refractivity contribution is 9.10. The van der Waals surface area contributed by atoms with Crippen molar-refractivity contribution in [1.82, 2.24) is 4.90 Å². The molecule has 1 aliphatic carbocycles. The molecule has 0 saturated carbocycles. The summed E-state index contributed by atoms with van der Waals surface area (Å²) in [4.78, 5) is 25.0. The number of hydrogen-bond donors (Lipinski definition) is 1. The highest BCUT2D eigenvalue weighted by Crippen LogP contribution is 2.39. The van der Waals surface area contributed by atoms with Gasteiger partial charge < -0.3 is 14.7 Å². The van der Waals surface area contributed by atoms with Gasteiger partial charge in [-0.2, -0.15) is 0 Å². The summed E-state index contributed by atoms with van der Waals surface area (Å²) in [6, 6.07) is 3.41. The van der Waals surface area contributed by atoms with Crippen LogP contribution in [0, 0.1) is 5.92 Å². The highest BCUT2D eigenvalue weighted by Gasteiger charge is 2.36. The minimum Gasteiger partial charge on any atom is -0.504 e. The molecule has 1 aromatic carbocycles. The Morgan fingerprint density at radius 3 is 2.92 bits per heavy atom. The van der Waals surface area contributed by atoms with Gasteiger partial charge in [-0.1, -0.05) is 21.5 Å². The molecule has 1 N–H and O–H groups in total. The van der Waals surface area contributed by atoms with Gasteiger partial charge in [-0.15, -0.1) is 0 Å². The summed E-state index contributed by atoms with van der Waals surface area (Å²) in [5.74, 6) is 0.879. The monoisotopic (exact) mass is 393 g/mol. The molecule has 2 aliphatic rings. The smallest absolute Gasteiger partial charge is 0.209 e. The number of halogens is 1. The van der Waals surface area contributed by atoms with Crippen molar-refractivity contribution in [2.24, 2.45) is 5.92 Å². The SMILES string of the molecule is COc1cc(Br)c(CC2C3CCC(=O)C=C3CCN2C=O)cc1O. The summed E-state index contributed by atoms with van der Waals surface area (Å²) in [6.45, 7) is 0.629. The molecule has 0 radical (unpaired) electrons. The topological polar surface area (TPSA) is 66.8 Å². The molecular weight excluding hydrogens is 374 g/mol. The molecule has 128 valence electrons. The van der Waals surface area contributed by atoms with E-state index in [4.69, 9.17) is 4.74 Å². The summed E-state index contributed by atoms with van der Waals surface area (Å²) in [5, 5.41) is 10.1. The lowest BCUT2D eigenvalue weighted by Crippen LogP contribution is -2.47. The van der Waals surface area contributed by atoms with E-state index in [9.17, 15) is 14.7 Å². The second-order valence-electron chi connectivity index (χ2n) is 6.31. The molecule has 3 rings (SSSR count). The third-order valence-electron chi connectivity index (χ3n) is 4.99. The van der Waals surface area contributed by atoms with E-state index in [1.807, 2.05) is 4.90 Å². The number of methoxy groups -OCH3 is 1. The predicted molar refractivity (Wildman–Crippen MR) is 93.1 cm³/mol. The molecule has 2 unspecified atom stereocenters. The number of piperidine rings is 1. The molecule has 1 aliphatic heterocycles. The van der Waals surface area contributed by atoms with Gasteiger partial charge in [0.1, 0.15) is 0 Å². The van der Waals surface area contributed by atoms with E-state index in [0.29, 0.717) is 25.1 Å². The number of phenols is 1. The van der Waals surface area contributed by atoms with Gasteiger partial charge in [0.25, 0.3) is 0 Å². The number of ether oxygens (including phenoxy) is 1. The first-order valence-corrected chi connectivity index (χ1v) is 8.82. The lowest BCUT2D eigenvalue weighted by molar-refractivity contribution is -0.122. The Bertz CT molecular complexity index is 701. The van der Waals surface area contributed by atoms with Crippen LogP contribution in [0.25, 0.3) is 0 Å². The van der Waals surface area contributed by atoms with Gasteiger partial charge in [0, 0.05) is 29.4 Å². The van der Waals surface area contributed by atoms with E-state index >= 15 is 0 Å². The van der Waals surface area contributed by atoms with Crippen LogP contribution in [-0.2, 0) is 16.0 Å². The van der Waals surface area contributed by atoms with Crippen LogP contribution in [0.1, 0.15) is 24.8 Å². The second kappa shape index (κ2) is 6.97. The molecule has 1 aromatic rings. The Labute approximate surface area is 149 Å². The normalized spacial score (nSPS) is 23.5. The third kappa shape index (κ3) is 3.20. The molecule has 1 heterocycles. The number of benzene rings is 1. The molecule has 2 atom stereocenters. The Kier molecular flexibility index (Phi) is 4.94. The van der Waals surface area contributed by atoms with Crippen LogP contribution in [0.3, 0.4) is 0 Å². The molecule has 0 aromatic heterocycles. The fourth-order valence-electron chi connectivity index (χ4n) is 3.74. The summed E-state index contributed by atoms with van der Waals surface area (Å²) in [6.07, 6.45) is 5.36. The van der Waals surface area contributed by atoms with Crippen molar-refractivity contribution in [3.8, 4) is 11.5 Å². The van der Waals surface area contributed by atoms with Crippen LogP contribution < -0.4 is 4.74 Å². The summed E-state index contributed by atoms with van der Waals surface area (Å²) < 4.78 is 5.96. The maximum absolute atomic E-state index is 11.7. The van der Waals surface area contributed by atoms with Crippen LogP contribution in [0.15, 0.2) is 28.3 Å². The van der Waals surface area contributed by atoms with Crippen LogP contribution in [-0.4, -0.2) is 41.9 Å². The average molecular weight is 394 g/mol. The number of carbonyl (C=O) groups excluding carboxylic acids is 2. The molecular formula is C18H20BrNO4. The van der Waals surface area contributed by atoms with Gasteiger partial charge in [-0.25, -0.2) is 0 Å². The standard InChI is InChI=1S/C18H20BrNO4/c1-24-18-9-15(19)12(8-17(18)23)7-16-14-3-2-13(22)6-11(14)4-5-20(16)10-21/h6,8-10,14,16,23H,2-5,7H2,1H3. The van der Waals surface area contributed by atoms with E-state index in [1.165, 1.54) is 7.11 Å². The molecule has 0 bridgehead atoms. The minimum absolute atomic E-state index is 0.000283. The van der Waals surface area contributed by atoms with Gasteiger partial charge in [-0.3, -0.25) is 9.59 Å². The first-order valence-electron chi connectivity index (χ1n) is 8.03. The number of hydrogen-bond acceptors (Lipinski definition) is 4. The fraction of sp³-hybridized carbons (Fsp3) is 0.444. The zero-order chi connectivity index (χ0) is 17.3. The maximum atomic E-state index is 11.7. The molecule has 5 nitrogen and oxygen atoms in total. The van der Waals surface area contributed by atoms with Crippen molar-refractivity contribution in [3.05, 3.63) is 33.8 Å². The summed E-state index contributed by atoms with van der Waals surface area (Å²) in [5.41, 5.74) is 2.08. The Balaban J connectivity index is 1.91. The van der Waals surface area contributed by atoms with Gasteiger partial charge in [0.2, 0.25) is 6.41 Å². The van der Waals surface area contributed by atoms with Crippen LogP contribution >= 0.6 is 15.9 Å². The number of fused-ring (bicyclic) bond motifs is 1. The zero-order valence-electron chi connectivity index (χ0n) is 13.5. The van der Waals surface area contributed by atoms with Crippen molar-refractivity contribution in [2.45, 2.75) is 31.7 Å². The van der Waals surface area contributed by atoms with Crippen LogP contribution in [0.4, 0.5) is 0 Å². The van der Waals surface area contributed by atoms with Gasteiger partial charge in [0.15, 0.2) is 17.3 Å². The number of nitrogens with zero attached hydrogens (tertiary/aromatic N) is 1. The molecule has 0 spiro atoms. The number of rotatable bonds is 4. The Morgan fingerprint density at radius 2 is 2.21 bits per heavy atom. The van der Waals surface area contributed by atoms with Crippen LogP contribution in [0.5, 0.6) is 11.5 Å². The van der Waals surface area contributed by atoms with Crippen LogP contribution in [0.2, 0.25) is 0 Å². The van der Waals surface area contributed by atoms with E-state index in [1.54, 1.807) is 18.2 Å². The number of carbonyl (C=O) groups is 2. The number of allylic oxidation sites excluding steroid dienone is 1. The number of ketones is 1. The van der Waals surface area contributed by atoms with Crippen molar-refractivity contribution >= 4 is 28.1 Å². The van der Waals surface area contributed by atoms with Gasteiger partial charge in [0.05, 0.1) is 7.11 Å². The van der Waals surface area contributed by atoms with E-state index in [-0.39, 0.29) is 23.5 Å². The molecule has 1 saturated heterocycles. The quantitative estimate of drug-likeness (QED) is 0.798. The third-order valence-corrected chi connectivity index (χ3v) is 5.72. The van der Waals surface area contributed by atoms with Crippen molar-refractivity contribution in [1.29, 1.82) is 0 Å². The summed E-state index contributed by atoms with van der Waals surface area (Å²) >= 11 is 3.52. The molecule has 1 amide bonds. The fourth-order valence-corrected chi connectivity index (χ4v) is 4.23. The van der Waals surface area contributed by atoms with Crippen molar-refractivity contribution < 1.29 is 19.4 Å². The van der Waals surface area contributed by atoms with Crippen molar-refractivity contribution in [3.63, 3.8) is 0 Å². The first kappa shape index (κ1) is 17.0. The minimum atomic E-state index is -0.000283. The van der Waals surface area contributed by atoms with Gasteiger partial charge >= 0.3 is 0 Å². The summed E-state index contributed by atoms with van der Waals surface area (Å²) in [7, 11) is 1.51. The van der Waals surface area contributed by atoms with Gasteiger partial charge in [-0.05, 0) is 43.0 Å². The van der Waals surface area contributed by atoms with E-state index < -0.39 is 0 Å².